The Kier molecular flexibility index (Phi) is 11.0. The zero-order valence-electron chi connectivity index (χ0n) is 21.0. The van der Waals surface area contributed by atoms with E-state index < -0.39 is 36.0 Å². The number of hydrogen-bond donors (Lipinski definition) is 4. The smallest absolute Gasteiger partial charge is 0.408 e. The van der Waals surface area contributed by atoms with E-state index in [1.54, 1.807) is 5.48 Å². The van der Waals surface area contributed by atoms with Gasteiger partial charge in [-0.05, 0) is 43.1 Å². The molecule has 4 N–H and O–H groups in total. The van der Waals surface area contributed by atoms with Crippen LogP contribution in [-0.2, 0) is 25.7 Å². The average Bonchev–Trinajstić information content (AvgIpc) is 3.31. The van der Waals surface area contributed by atoms with Gasteiger partial charge in [-0.15, -0.1) is 0 Å². The second-order valence-corrected chi connectivity index (χ2v) is 9.74. The van der Waals surface area contributed by atoms with Gasteiger partial charge in [0.25, 0.3) is 5.91 Å². The fraction of sp³-hybridized carbons (Fsp3) is 0.600. The number of hydrogen-bond acceptors (Lipinski definition) is 6. The number of benzene rings is 1. The zero-order chi connectivity index (χ0) is 26.0. The Morgan fingerprint density at radius 2 is 1.63 bits per heavy atom. The van der Waals surface area contributed by atoms with Gasteiger partial charge in [-0.1, -0.05) is 58.0 Å². The van der Waals surface area contributed by atoms with Gasteiger partial charge in [0, 0.05) is 6.54 Å². The van der Waals surface area contributed by atoms with Crippen LogP contribution in [0.2, 0.25) is 0 Å². The Hall–Kier alpha value is -3.14. The number of carbonyl (C=O) groups is 4. The normalized spacial score (nSPS) is 17.1. The highest BCUT2D eigenvalue weighted by Gasteiger charge is 2.39. The quantitative estimate of drug-likeness (QED) is 0.278. The molecule has 0 bridgehead atoms. The van der Waals surface area contributed by atoms with Crippen LogP contribution in [0.4, 0.5) is 4.79 Å². The minimum atomic E-state index is -0.914. The van der Waals surface area contributed by atoms with E-state index in [1.165, 1.54) is 4.90 Å². The number of nitrogens with zero attached hydrogens (tertiary/aromatic N) is 1. The Morgan fingerprint density at radius 1 is 1.00 bits per heavy atom. The van der Waals surface area contributed by atoms with Crippen molar-refractivity contribution in [3.05, 3.63) is 35.9 Å². The van der Waals surface area contributed by atoms with Crippen LogP contribution in [0.3, 0.4) is 0 Å². The molecule has 0 aliphatic carbocycles. The molecule has 35 heavy (non-hydrogen) atoms. The lowest BCUT2D eigenvalue weighted by Gasteiger charge is -2.30. The molecule has 2 rings (SSSR count). The van der Waals surface area contributed by atoms with Crippen molar-refractivity contribution in [3.8, 4) is 0 Å². The first kappa shape index (κ1) is 28.1. The topological polar surface area (TPSA) is 137 Å². The number of hydroxylamine groups is 1. The molecule has 1 aromatic carbocycles. The molecular formula is C25H38N4O6. The number of alkyl carbamates (subject to hydrolysis) is 1. The lowest BCUT2D eigenvalue weighted by molar-refractivity contribution is -0.142. The largest absolute Gasteiger partial charge is 0.445 e. The Morgan fingerprint density at radius 3 is 2.23 bits per heavy atom. The van der Waals surface area contributed by atoms with Crippen molar-refractivity contribution in [2.45, 2.75) is 78.1 Å². The van der Waals surface area contributed by atoms with Gasteiger partial charge in [0.2, 0.25) is 11.8 Å². The predicted octanol–water partition coefficient (Wildman–Crippen LogP) is 2.35. The first-order valence-corrected chi connectivity index (χ1v) is 12.1. The van der Waals surface area contributed by atoms with Crippen LogP contribution in [0.25, 0.3) is 0 Å². The van der Waals surface area contributed by atoms with Crippen LogP contribution < -0.4 is 16.1 Å². The Balaban J connectivity index is 2.06. The van der Waals surface area contributed by atoms with Crippen molar-refractivity contribution < 1.29 is 29.1 Å². The minimum Gasteiger partial charge on any atom is -0.445 e. The van der Waals surface area contributed by atoms with Gasteiger partial charge in [0.1, 0.15) is 24.7 Å². The maximum atomic E-state index is 13.4. The fourth-order valence-corrected chi connectivity index (χ4v) is 4.15. The number of rotatable bonds is 11. The van der Waals surface area contributed by atoms with E-state index in [4.69, 9.17) is 9.94 Å². The van der Waals surface area contributed by atoms with Gasteiger partial charge < -0.3 is 20.3 Å². The van der Waals surface area contributed by atoms with Crippen LogP contribution in [0.5, 0.6) is 0 Å². The molecule has 0 spiro atoms. The molecule has 1 aliphatic heterocycles. The van der Waals surface area contributed by atoms with E-state index in [0.29, 0.717) is 32.2 Å². The van der Waals surface area contributed by atoms with Crippen LogP contribution in [-0.4, -0.2) is 58.6 Å². The van der Waals surface area contributed by atoms with Gasteiger partial charge in [-0.3, -0.25) is 19.6 Å². The minimum absolute atomic E-state index is 0.0775. The third-order valence-corrected chi connectivity index (χ3v) is 5.80. The van der Waals surface area contributed by atoms with Crippen LogP contribution in [0.1, 0.15) is 58.9 Å². The van der Waals surface area contributed by atoms with Crippen molar-refractivity contribution in [1.82, 2.24) is 21.0 Å². The predicted molar refractivity (Wildman–Crippen MR) is 129 cm³/mol. The third-order valence-electron chi connectivity index (χ3n) is 5.80. The van der Waals surface area contributed by atoms with Crippen molar-refractivity contribution in [2.75, 3.05) is 6.54 Å². The highest BCUT2D eigenvalue weighted by atomic mass is 16.5. The molecule has 0 unspecified atom stereocenters. The van der Waals surface area contributed by atoms with Crippen LogP contribution in [0, 0.1) is 11.8 Å². The van der Waals surface area contributed by atoms with E-state index in [0.717, 1.165) is 5.56 Å². The number of amides is 4. The summed E-state index contributed by atoms with van der Waals surface area (Å²) in [5.74, 6) is -1.32. The van der Waals surface area contributed by atoms with E-state index in [-0.39, 0.29) is 24.3 Å². The Bertz CT molecular complexity index is 861. The van der Waals surface area contributed by atoms with Crippen LogP contribution in [0.15, 0.2) is 30.3 Å². The van der Waals surface area contributed by atoms with Gasteiger partial charge in [-0.2, -0.15) is 0 Å². The Labute approximate surface area is 206 Å². The summed E-state index contributed by atoms with van der Waals surface area (Å²) in [6.07, 6.45) is 1.08. The SMILES string of the molecule is CC(C)C[C@H](NC(=O)OCc1ccccc1)C(=O)N1CCC[C@H]1C(=O)N[C@H](CC(C)C)C(=O)NO. The highest BCUT2D eigenvalue weighted by molar-refractivity contribution is 5.94. The van der Waals surface area contributed by atoms with Gasteiger partial charge in [0.15, 0.2) is 0 Å². The molecular weight excluding hydrogens is 452 g/mol. The summed E-state index contributed by atoms with van der Waals surface area (Å²) in [4.78, 5) is 52.4. The average molecular weight is 491 g/mol. The van der Waals surface area contributed by atoms with Gasteiger partial charge in [0.05, 0.1) is 0 Å². The molecule has 1 heterocycles. The second kappa shape index (κ2) is 13.7. The monoisotopic (exact) mass is 490 g/mol. The first-order valence-electron chi connectivity index (χ1n) is 12.1. The van der Waals surface area contributed by atoms with Crippen molar-refractivity contribution in [1.29, 1.82) is 0 Å². The summed E-state index contributed by atoms with van der Waals surface area (Å²) in [6, 6.07) is 6.70. The van der Waals surface area contributed by atoms with Crippen molar-refractivity contribution >= 4 is 23.8 Å². The molecule has 10 nitrogen and oxygen atoms in total. The van der Waals surface area contributed by atoms with E-state index >= 15 is 0 Å². The van der Waals surface area contributed by atoms with Crippen LogP contribution >= 0.6 is 0 Å². The molecule has 1 saturated heterocycles. The maximum absolute atomic E-state index is 13.4. The lowest BCUT2D eigenvalue weighted by atomic mass is 10.0. The van der Waals surface area contributed by atoms with Crippen molar-refractivity contribution in [2.24, 2.45) is 11.8 Å². The maximum Gasteiger partial charge on any atom is 0.408 e. The number of nitrogens with one attached hydrogen (secondary N) is 3. The second-order valence-electron chi connectivity index (χ2n) is 9.74. The highest BCUT2D eigenvalue weighted by Crippen LogP contribution is 2.21. The molecule has 10 heteroatoms. The molecule has 194 valence electrons. The number of carbonyl (C=O) groups excluding carboxylic acids is 4. The molecule has 1 aliphatic rings. The molecule has 1 fully saturated rings. The first-order chi connectivity index (χ1) is 16.6. The molecule has 1 aromatic rings. The molecule has 0 radical (unpaired) electrons. The fourth-order valence-electron chi connectivity index (χ4n) is 4.15. The van der Waals surface area contributed by atoms with Gasteiger partial charge >= 0.3 is 6.09 Å². The molecule has 0 aromatic heterocycles. The van der Waals surface area contributed by atoms with Gasteiger partial charge in [-0.25, -0.2) is 10.3 Å². The third kappa shape index (κ3) is 8.86. The van der Waals surface area contributed by atoms with E-state index in [1.807, 2.05) is 58.0 Å². The summed E-state index contributed by atoms with van der Waals surface area (Å²) < 4.78 is 5.29. The molecule has 4 amide bonds. The number of likely N-dealkylation sites (tertiary alicyclic amines) is 1. The zero-order valence-corrected chi connectivity index (χ0v) is 21.0. The van der Waals surface area contributed by atoms with E-state index in [9.17, 15) is 19.2 Å². The molecule has 0 saturated carbocycles. The summed E-state index contributed by atoms with van der Waals surface area (Å²) in [7, 11) is 0. The molecule has 3 atom stereocenters. The van der Waals surface area contributed by atoms with Crippen molar-refractivity contribution in [3.63, 3.8) is 0 Å². The summed E-state index contributed by atoms with van der Waals surface area (Å²) in [5.41, 5.74) is 2.42. The summed E-state index contributed by atoms with van der Waals surface area (Å²) in [5, 5.41) is 14.4. The standard InChI is InChI=1S/C25H38N4O6/c1-16(2)13-19(22(30)28-34)26-23(31)21-11-8-12-29(21)24(32)20(14-17(3)4)27-25(33)35-15-18-9-6-5-7-10-18/h5-7,9-10,16-17,19-21,34H,8,11-15H2,1-4H3,(H,26,31)(H,27,33)(H,28,30)/t19-,20+,21+/m1/s1. The van der Waals surface area contributed by atoms with E-state index in [2.05, 4.69) is 10.6 Å². The lowest BCUT2D eigenvalue weighted by Crippen LogP contribution is -2.56. The summed E-state index contributed by atoms with van der Waals surface area (Å²) in [6.45, 7) is 8.12. The summed E-state index contributed by atoms with van der Waals surface area (Å²) >= 11 is 0. The number of ether oxygens (including phenoxy) is 1.